The van der Waals surface area contributed by atoms with Crippen LogP contribution in [-0.4, -0.2) is 28.1 Å². The molecule has 0 bridgehead atoms. The van der Waals surface area contributed by atoms with Crippen LogP contribution in [0, 0.1) is 5.92 Å². The van der Waals surface area contributed by atoms with Crippen molar-refractivity contribution in [1.29, 1.82) is 0 Å². The van der Waals surface area contributed by atoms with Gasteiger partial charge >= 0.3 is 12.1 Å². The van der Waals surface area contributed by atoms with E-state index in [4.69, 9.17) is 5.73 Å². The molecule has 2 N–H and O–H groups in total. The molecule has 1 aliphatic rings. The molecule has 1 aliphatic carbocycles. The summed E-state index contributed by atoms with van der Waals surface area (Å²) in [6.07, 6.45) is -1.79. The number of aromatic nitrogens is 3. The van der Waals surface area contributed by atoms with Gasteiger partial charge in [0.1, 0.15) is 5.69 Å². The average Bonchev–Trinajstić information content (AvgIpc) is 2.94. The maximum absolute atomic E-state index is 12.8. The zero-order valence-corrected chi connectivity index (χ0v) is 12.7. The summed E-state index contributed by atoms with van der Waals surface area (Å²) in [5.74, 6) is -0.444. The molecular weight excluding hydrogens is 325 g/mol. The molecule has 1 aromatic heterocycles. The van der Waals surface area contributed by atoms with Gasteiger partial charge in [-0.05, 0) is 31.0 Å². The summed E-state index contributed by atoms with van der Waals surface area (Å²) in [5.41, 5.74) is 5.61. The Morgan fingerprint density at radius 2 is 2.08 bits per heavy atom. The van der Waals surface area contributed by atoms with Crippen molar-refractivity contribution in [3.8, 4) is 11.3 Å². The van der Waals surface area contributed by atoms with E-state index in [2.05, 4.69) is 15.0 Å². The van der Waals surface area contributed by atoms with E-state index in [1.807, 2.05) is 0 Å². The lowest BCUT2D eigenvalue weighted by molar-refractivity contribution is -0.150. The molecule has 24 heavy (non-hydrogen) atoms. The van der Waals surface area contributed by atoms with Crippen molar-refractivity contribution in [3.05, 3.63) is 30.0 Å². The average molecular weight is 340 g/mol. The first-order chi connectivity index (χ1) is 11.3. The smallest absolute Gasteiger partial charge is 0.416 e. The Morgan fingerprint density at radius 3 is 2.71 bits per heavy atom. The summed E-state index contributed by atoms with van der Waals surface area (Å²) in [7, 11) is 1.33. The van der Waals surface area contributed by atoms with Crippen LogP contribution in [0.15, 0.2) is 24.4 Å². The van der Waals surface area contributed by atoms with Gasteiger partial charge in [-0.3, -0.25) is 4.79 Å². The molecular formula is C15H15F3N4O2. The van der Waals surface area contributed by atoms with Crippen LogP contribution in [-0.2, 0) is 15.7 Å². The predicted molar refractivity (Wildman–Crippen MR) is 78.6 cm³/mol. The molecule has 0 unspecified atom stereocenters. The number of benzene rings is 1. The van der Waals surface area contributed by atoms with Gasteiger partial charge in [0.15, 0.2) is 0 Å². The normalized spacial score (nSPS) is 20.5. The second-order valence-corrected chi connectivity index (χ2v) is 5.73. The quantitative estimate of drug-likeness (QED) is 0.686. The largest absolute Gasteiger partial charge is 0.469 e. The second kappa shape index (κ2) is 5.81. The van der Waals surface area contributed by atoms with Crippen LogP contribution in [0.3, 0.4) is 0 Å². The Morgan fingerprint density at radius 1 is 1.38 bits per heavy atom. The van der Waals surface area contributed by atoms with Gasteiger partial charge in [-0.25, -0.2) is 4.68 Å². The number of methoxy groups -OCH3 is 1. The van der Waals surface area contributed by atoms with E-state index in [9.17, 15) is 18.0 Å². The van der Waals surface area contributed by atoms with Crippen molar-refractivity contribution in [1.82, 2.24) is 15.0 Å². The predicted octanol–water partition coefficient (Wildman–Crippen LogP) is 2.67. The molecule has 6 nitrogen and oxygen atoms in total. The van der Waals surface area contributed by atoms with E-state index < -0.39 is 11.7 Å². The minimum atomic E-state index is -4.46. The first-order valence-corrected chi connectivity index (χ1v) is 7.26. The van der Waals surface area contributed by atoms with Crippen molar-refractivity contribution in [2.45, 2.75) is 25.1 Å². The highest BCUT2D eigenvalue weighted by molar-refractivity contribution is 5.74. The van der Waals surface area contributed by atoms with Gasteiger partial charge in [-0.1, -0.05) is 5.21 Å². The van der Waals surface area contributed by atoms with E-state index in [1.165, 1.54) is 13.2 Å². The summed E-state index contributed by atoms with van der Waals surface area (Å²) < 4.78 is 44.7. The zero-order chi connectivity index (χ0) is 17.5. The van der Waals surface area contributed by atoms with Crippen LogP contribution in [0.2, 0.25) is 0 Å². The van der Waals surface area contributed by atoms with E-state index in [0.717, 1.165) is 12.1 Å². The number of rotatable bonds is 3. The first kappa shape index (κ1) is 16.3. The summed E-state index contributed by atoms with van der Waals surface area (Å²) in [4.78, 5) is 11.4. The monoisotopic (exact) mass is 340 g/mol. The van der Waals surface area contributed by atoms with Crippen LogP contribution in [0.5, 0.6) is 0 Å². The molecule has 0 radical (unpaired) electrons. The number of carbonyl (C=O) groups excluding carboxylic acids is 1. The van der Waals surface area contributed by atoms with Crippen molar-refractivity contribution in [2.75, 3.05) is 12.8 Å². The summed E-state index contributed by atoms with van der Waals surface area (Å²) in [6, 6.07) is 3.06. The van der Waals surface area contributed by atoms with Crippen LogP contribution >= 0.6 is 0 Å². The number of alkyl halides is 3. The summed E-state index contributed by atoms with van der Waals surface area (Å²) in [6.45, 7) is 0. The fraction of sp³-hybridized carbons (Fsp3) is 0.400. The maximum atomic E-state index is 12.8. The summed E-state index contributed by atoms with van der Waals surface area (Å²) >= 11 is 0. The van der Waals surface area contributed by atoms with Gasteiger partial charge in [0, 0.05) is 11.3 Å². The number of hydrogen-bond donors (Lipinski definition) is 1. The summed E-state index contributed by atoms with van der Waals surface area (Å²) in [5, 5.41) is 7.86. The molecule has 1 heterocycles. The lowest BCUT2D eigenvalue weighted by Gasteiger charge is -2.32. The molecule has 1 fully saturated rings. The highest BCUT2D eigenvalue weighted by atomic mass is 19.4. The molecule has 3 rings (SSSR count). The van der Waals surface area contributed by atoms with E-state index >= 15 is 0 Å². The Balaban J connectivity index is 1.81. The standard InChI is InChI=1S/C15H15F3N4O2/c1-24-14(23)8-4-10(5-8)22-7-13(20-21-22)11-6-9(15(16,17)18)2-3-12(11)19/h2-3,6-8,10H,4-5,19H2,1H3. The third-order valence-corrected chi connectivity index (χ3v) is 4.19. The fourth-order valence-electron chi connectivity index (χ4n) is 2.70. The molecule has 1 saturated carbocycles. The number of anilines is 1. The number of hydrogen-bond acceptors (Lipinski definition) is 5. The van der Waals surface area contributed by atoms with E-state index in [-0.39, 0.29) is 34.9 Å². The SMILES string of the molecule is COC(=O)C1CC(n2cc(-c3cc(C(F)(F)F)ccc3N)nn2)C1. The Kier molecular flexibility index (Phi) is 3.94. The molecule has 0 spiro atoms. The molecule has 0 saturated heterocycles. The highest BCUT2D eigenvalue weighted by Gasteiger charge is 2.37. The number of carbonyl (C=O) groups is 1. The first-order valence-electron chi connectivity index (χ1n) is 7.26. The third kappa shape index (κ3) is 2.93. The van der Waals surface area contributed by atoms with Gasteiger partial charge in [-0.2, -0.15) is 13.2 Å². The van der Waals surface area contributed by atoms with Crippen molar-refractivity contribution < 1.29 is 22.7 Å². The van der Waals surface area contributed by atoms with Crippen molar-refractivity contribution in [3.63, 3.8) is 0 Å². The number of nitrogens with zero attached hydrogens (tertiary/aromatic N) is 3. The Labute approximate surface area is 135 Å². The van der Waals surface area contributed by atoms with Gasteiger partial charge in [0.2, 0.25) is 0 Å². The highest BCUT2D eigenvalue weighted by Crippen LogP contribution is 2.39. The molecule has 2 aromatic rings. The molecule has 1 aromatic carbocycles. The molecule has 0 aliphatic heterocycles. The van der Waals surface area contributed by atoms with Gasteiger partial charge in [0.25, 0.3) is 0 Å². The van der Waals surface area contributed by atoms with Gasteiger partial charge in [-0.15, -0.1) is 5.10 Å². The van der Waals surface area contributed by atoms with Crippen molar-refractivity contribution in [2.24, 2.45) is 5.92 Å². The van der Waals surface area contributed by atoms with E-state index in [0.29, 0.717) is 12.8 Å². The Hall–Kier alpha value is -2.58. The molecule has 0 atom stereocenters. The number of esters is 1. The minimum absolute atomic E-state index is 0.0256. The lowest BCUT2D eigenvalue weighted by Crippen LogP contribution is -2.33. The zero-order valence-electron chi connectivity index (χ0n) is 12.7. The topological polar surface area (TPSA) is 83.0 Å². The third-order valence-electron chi connectivity index (χ3n) is 4.19. The molecule has 128 valence electrons. The number of nitrogen functional groups attached to an aromatic ring is 1. The lowest BCUT2D eigenvalue weighted by atomic mass is 9.80. The molecule has 0 amide bonds. The van der Waals surface area contributed by atoms with Gasteiger partial charge < -0.3 is 10.5 Å². The minimum Gasteiger partial charge on any atom is -0.469 e. The van der Waals surface area contributed by atoms with Crippen LogP contribution in [0.1, 0.15) is 24.4 Å². The van der Waals surface area contributed by atoms with E-state index in [1.54, 1.807) is 10.9 Å². The van der Waals surface area contributed by atoms with Crippen LogP contribution in [0.4, 0.5) is 18.9 Å². The fourth-order valence-corrected chi connectivity index (χ4v) is 2.70. The van der Waals surface area contributed by atoms with Crippen LogP contribution < -0.4 is 5.73 Å². The van der Waals surface area contributed by atoms with Crippen molar-refractivity contribution >= 4 is 11.7 Å². The number of ether oxygens (including phenoxy) is 1. The number of halogens is 3. The molecule has 9 heteroatoms. The second-order valence-electron chi connectivity index (χ2n) is 5.73. The van der Waals surface area contributed by atoms with Gasteiger partial charge in [0.05, 0.1) is 30.8 Å². The Bertz CT molecular complexity index is 766. The van der Waals surface area contributed by atoms with Crippen LogP contribution in [0.25, 0.3) is 11.3 Å². The maximum Gasteiger partial charge on any atom is 0.416 e. The number of nitrogens with two attached hydrogens (primary N) is 1.